The van der Waals surface area contributed by atoms with Crippen LogP contribution in [0.2, 0.25) is 0 Å². The number of rotatable bonds is 1. The van der Waals surface area contributed by atoms with Gasteiger partial charge in [-0.2, -0.15) is 0 Å². The Morgan fingerprint density at radius 3 is 2.82 bits per heavy atom. The van der Waals surface area contributed by atoms with E-state index in [4.69, 9.17) is 11.2 Å². The number of hydrogen-bond acceptors (Lipinski definition) is 2. The first-order chi connectivity index (χ1) is 5.29. The molecule has 0 aliphatic rings. The molecule has 0 spiro atoms. The van der Waals surface area contributed by atoms with Crippen molar-refractivity contribution in [3.63, 3.8) is 0 Å². The first kappa shape index (κ1) is 7.62. The van der Waals surface area contributed by atoms with E-state index in [1.54, 1.807) is 19.4 Å². The van der Waals surface area contributed by atoms with E-state index < -0.39 is 0 Å². The number of aryl methyl sites for hydroxylation is 1. The molecule has 11 heavy (non-hydrogen) atoms. The summed E-state index contributed by atoms with van der Waals surface area (Å²) in [6.45, 7) is 1.86. The van der Waals surface area contributed by atoms with Gasteiger partial charge in [-0.1, -0.05) is 5.92 Å². The van der Waals surface area contributed by atoms with Gasteiger partial charge in [-0.3, -0.25) is 4.98 Å². The second-order valence-corrected chi connectivity index (χ2v) is 2.12. The van der Waals surface area contributed by atoms with Crippen LogP contribution in [0.15, 0.2) is 12.3 Å². The van der Waals surface area contributed by atoms with Gasteiger partial charge < -0.3 is 4.74 Å². The van der Waals surface area contributed by atoms with Crippen LogP contribution in [0.25, 0.3) is 0 Å². The molecule has 1 heterocycles. The molecule has 0 aliphatic heterocycles. The number of nitrogens with zero attached hydrogens (tertiary/aromatic N) is 1. The van der Waals surface area contributed by atoms with Crippen molar-refractivity contribution in [3.05, 3.63) is 23.5 Å². The molecule has 0 fully saturated rings. The Labute approximate surface area is 66.2 Å². The quantitative estimate of drug-likeness (QED) is 0.560. The summed E-state index contributed by atoms with van der Waals surface area (Å²) in [6, 6.07) is 1.76. The van der Waals surface area contributed by atoms with Gasteiger partial charge in [-0.05, 0) is 13.0 Å². The monoisotopic (exact) mass is 147 g/mol. The van der Waals surface area contributed by atoms with Gasteiger partial charge in [0.2, 0.25) is 0 Å². The van der Waals surface area contributed by atoms with Crippen LogP contribution >= 0.6 is 0 Å². The van der Waals surface area contributed by atoms with Crippen molar-refractivity contribution in [3.8, 4) is 18.1 Å². The summed E-state index contributed by atoms with van der Waals surface area (Å²) < 4.78 is 5.06. The van der Waals surface area contributed by atoms with Gasteiger partial charge in [-0.15, -0.1) is 6.42 Å². The van der Waals surface area contributed by atoms with Gasteiger partial charge in [0, 0.05) is 6.20 Å². The minimum atomic E-state index is 0.690. The lowest BCUT2D eigenvalue weighted by atomic mass is 10.2. The SMILES string of the molecule is C#Cc1ccnc(C)c1OC. The van der Waals surface area contributed by atoms with Crippen molar-refractivity contribution in [2.75, 3.05) is 7.11 Å². The maximum absolute atomic E-state index is 5.24. The zero-order valence-corrected chi connectivity index (χ0v) is 6.59. The minimum Gasteiger partial charge on any atom is -0.494 e. The fraction of sp³-hybridized carbons (Fsp3) is 0.222. The third-order valence-electron chi connectivity index (χ3n) is 1.44. The molecule has 0 bridgehead atoms. The molecule has 0 radical (unpaired) electrons. The maximum atomic E-state index is 5.24. The molecular formula is C9H9NO. The highest BCUT2D eigenvalue weighted by Gasteiger charge is 2.02. The highest BCUT2D eigenvalue weighted by atomic mass is 16.5. The minimum absolute atomic E-state index is 0.690. The second-order valence-electron chi connectivity index (χ2n) is 2.12. The van der Waals surface area contributed by atoms with Crippen molar-refractivity contribution in [2.24, 2.45) is 0 Å². The van der Waals surface area contributed by atoms with E-state index in [0.29, 0.717) is 5.75 Å². The van der Waals surface area contributed by atoms with Crippen LogP contribution in [0.3, 0.4) is 0 Å². The summed E-state index contributed by atoms with van der Waals surface area (Å²) in [5.74, 6) is 3.21. The largest absolute Gasteiger partial charge is 0.494 e. The van der Waals surface area contributed by atoms with E-state index in [1.807, 2.05) is 6.92 Å². The van der Waals surface area contributed by atoms with Gasteiger partial charge in [0.1, 0.15) is 0 Å². The number of pyridine rings is 1. The number of hydrogen-bond donors (Lipinski definition) is 0. The molecule has 56 valence electrons. The molecule has 0 saturated heterocycles. The lowest BCUT2D eigenvalue weighted by Gasteiger charge is -2.04. The summed E-state index contributed by atoms with van der Waals surface area (Å²) in [5.41, 5.74) is 1.57. The molecular weight excluding hydrogens is 138 g/mol. The molecule has 0 aliphatic carbocycles. The fourth-order valence-electron chi connectivity index (χ4n) is 0.924. The molecule has 0 saturated carbocycles. The Morgan fingerprint density at radius 1 is 1.64 bits per heavy atom. The smallest absolute Gasteiger partial charge is 0.155 e. The van der Waals surface area contributed by atoms with Crippen LogP contribution in [-0.4, -0.2) is 12.1 Å². The van der Waals surface area contributed by atoms with Crippen molar-refractivity contribution >= 4 is 0 Å². The normalized spacial score (nSPS) is 8.82. The number of terminal acetylenes is 1. The van der Waals surface area contributed by atoms with Crippen LogP contribution in [-0.2, 0) is 0 Å². The number of aromatic nitrogens is 1. The molecule has 1 aromatic rings. The highest BCUT2D eigenvalue weighted by molar-refractivity contribution is 5.46. The molecule has 1 aromatic heterocycles. The Hall–Kier alpha value is -1.49. The topological polar surface area (TPSA) is 22.1 Å². The van der Waals surface area contributed by atoms with E-state index in [0.717, 1.165) is 11.3 Å². The molecule has 0 atom stereocenters. The standard InChI is InChI=1S/C9H9NO/c1-4-8-5-6-10-7(2)9(8)11-3/h1,5-6H,2-3H3. The molecule has 2 nitrogen and oxygen atoms in total. The van der Waals surface area contributed by atoms with Gasteiger partial charge in [0.25, 0.3) is 0 Å². The van der Waals surface area contributed by atoms with E-state index in [2.05, 4.69) is 10.9 Å². The van der Waals surface area contributed by atoms with E-state index in [1.165, 1.54) is 0 Å². The first-order valence-corrected chi connectivity index (χ1v) is 3.25. The van der Waals surface area contributed by atoms with Gasteiger partial charge in [0.05, 0.1) is 18.4 Å². The van der Waals surface area contributed by atoms with Gasteiger partial charge >= 0.3 is 0 Å². The van der Waals surface area contributed by atoms with Crippen LogP contribution < -0.4 is 4.74 Å². The Bertz CT molecular complexity index is 299. The van der Waals surface area contributed by atoms with Crippen LogP contribution in [0, 0.1) is 19.3 Å². The fourth-order valence-corrected chi connectivity index (χ4v) is 0.924. The van der Waals surface area contributed by atoms with Crippen LogP contribution in [0.5, 0.6) is 5.75 Å². The second kappa shape index (κ2) is 3.07. The lowest BCUT2D eigenvalue weighted by molar-refractivity contribution is 0.408. The Morgan fingerprint density at radius 2 is 2.36 bits per heavy atom. The van der Waals surface area contributed by atoms with Crippen molar-refractivity contribution in [1.82, 2.24) is 4.98 Å². The molecule has 1 rings (SSSR count). The molecule has 0 aromatic carbocycles. The molecule has 0 N–H and O–H groups in total. The predicted molar refractivity (Wildman–Crippen MR) is 43.5 cm³/mol. The predicted octanol–water partition coefficient (Wildman–Crippen LogP) is 1.38. The average Bonchev–Trinajstić information content (AvgIpc) is 2.04. The lowest BCUT2D eigenvalue weighted by Crippen LogP contribution is -1.93. The first-order valence-electron chi connectivity index (χ1n) is 3.25. The van der Waals surface area contributed by atoms with E-state index in [-0.39, 0.29) is 0 Å². The van der Waals surface area contributed by atoms with Crippen LogP contribution in [0.1, 0.15) is 11.3 Å². The maximum Gasteiger partial charge on any atom is 0.155 e. The molecule has 0 unspecified atom stereocenters. The Kier molecular flexibility index (Phi) is 2.12. The van der Waals surface area contributed by atoms with Crippen LogP contribution in [0.4, 0.5) is 0 Å². The summed E-state index contributed by atoms with van der Waals surface area (Å²) >= 11 is 0. The van der Waals surface area contributed by atoms with Gasteiger partial charge in [0.15, 0.2) is 5.75 Å². The van der Waals surface area contributed by atoms with E-state index in [9.17, 15) is 0 Å². The third-order valence-corrected chi connectivity index (χ3v) is 1.44. The van der Waals surface area contributed by atoms with Crippen molar-refractivity contribution in [1.29, 1.82) is 0 Å². The van der Waals surface area contributed by atoms with Crippen molar-refractivity contribution in [2.45, 2.75) is 6.92 Å². The molecule has 2 heteroatoms. The van der Waals surface area contributed by atoms with Gasteiger partial charge in [-0.25, -0.2) is 0 Å². The van der Waals surface area contributed by atoms with E-state index >= 15 is 0 Å². The Balaban J connectivity index is 3.27. The summed E-state index contributed by atoms with van der Waals surface area (Å²) in [4.78, 5) is 4.04. The third kappa shape index (κ3) is 1.32. The zero-order valence-electron chi connectivity index (χ0n) is 6.59. The summed E-state index contributed by atoms with van der Waals surface area (Å²) in [7, 11) is 1.59. The van der Waals surface area contributed by atoms with Crippen molar-refractivity contribution < 1.29 is 4.74 Å². The average molecular weight is 147 g/mol. The summed E-state index contributed by atoms with van der Waals surface area (Å²) in [6.07, 6.45) is 6.91. The highest BCUT2D eigenvalue weighted by Crippen LogP contribution is 2.18. The summed E-state index contributed by atoms with van der Waals surface area (Å²) in [5, 5.41) is 0. The zero-order chi connectivity index (χ0) is 8.27. The molecule has 0 amide bonds. The number of methoxy groups -OCH3 is 1. The number of ether oxygens (including phenoxy) is 1.